The van der Waals surface area contributed by atoms with Gasteiger partial charge in [-0.05, 0) is 23.1 Å². The molecule has 1 aliphatic heterocycles. The molecular formula is C19H17N3O2. The van der Waals surface area contributed by atoms with E-state index in [0.29, 0.717) is 29.7 Å². The summed E-state index contributed by atoms with van der Waals surface area (Å²) in [5, 5.41) is 18.5. The SMILES string of the molecule is CC1(C)CC(=O)C2=C(C1)OC(N)=C(C#N)[C@@H]2c1ccc(C#N)cc1. The van der Waals surface area contributed by atoms with Gasteiger partial charge in [0.25, 0.3) is 0 Å². The molecule has 0 fully saturated rings. The summed E-state index contributed by atoms with van der Waals surface area (Å²) in [7, 11) is 0. The summed E-state index contributed by atoms with van der Waals surface area (Å²) < 4.78 is 5.64. The second-order valence-electron chi connectivity index (χ2n) is 6.94. The first-order valence-electron chi connectivity index (χ1n) is 7.70. The first-order valence-corrected chi connectivity index (χ1v) is 7.70. The van der Waals surface area contributed by atoms with Crippen LogP contribution in [-0.2, 0) is 9.53 Å². The van der Waals surface area contributed by atoms with Gasteiger partial charge in [0.1, 0.15) is 17.4 Å². The number of rotatable bonds is 1. The molecule has 0 saturated heterocycles. The Balaban J connectivity index is 2.16. The minimum Gasteiger partial charge on any atom is -0.444 e. The van der Waals surface area contributed by atoms with Gasteiger partial charge < -0.3 is 10.5 Å². The Bertz CT molecular complexity index is 861. The molecule has 0 saturated carbocycles. The van der Waals surface area contributed by atoms with E-state index in [1.807, 2.05) is 13.8 Å². The summed E-state index contributed by atoms with van der Waals surface area (Å²) in [6.07, 6.45) is 1.00. The second kappa shape index (κ2) is 5.54. The number of hydrogen-bond acceptors (Lipinski definition) is 5. The number of benzene rings is 1. The van der Waals surface area contributed by atoms with Gasteiger partial charge >= 0.3 is 0 Å². The molecule has 5 nitrogen and oxygen atoms in total. The Kier molecular flexibility index (Phi) is 3.66. The van der Waals surface area contributed by atoms with Crippen LogP contribution in [0.25, 0.3) is 0 Å². The number of nitrogens with two attached hydrogens (primary N) is 1. The maximum absolute atomic E-state index is 12.8. The summed E-state index contributed by atoms with van der Waals surface area (Å²) in [4.78, 5) is 12.8. The highest BCUT2D eigenvalue weighted by Crippen LogP contribution is 2.47. The molecular weight excluding hydrogens is 302 g/mol. The van der Waals surface area contributed by atoms with Crippen LogP contribution in [0.3, 0.4) is 0 Å². The van der Waals surface area contributed by atoms with Crippen molar-refractivity contribution in [3.63, 3.8) is 0 Å². The largest absolute Gasteiger partial charge is 0.444 e. The van der Waals surface area contributed by atoms with Gasteiger partial charge in [-0.25, -0.2) is 0 Å². The van der Waals surface area contributed by atoms with E-state index in [1.54, 1.807) is 24.3 Å². The zero-order valence-corrected chi connectivity index (χ0v) is 13.6. The van der Waals surface area contributed by atoms with Crippen LogP contribution in [0, 0.1) is 28.1 Å². The standard InChI is InChI=1S/C19H17N3O2/c1-19(2)7-14(23)17-15(8-19)24-18(22)13(10-21)16(17)12-5-3-11(9-20)4-6-12/h3-6,16H,7-8,22H2,1-2H3/t16-/m0/s1. The van der Waals surface area contributed by atoms with Gasteiger partial charge in [-0.2, -0.15) is 10.5 Å². The predicted molar refractivity (Wildman–Crippen MR) is 86.9 cm³/mol. The lowest BCUT2D eigenvalue weighted by Crippen LogP contribution is -2.33. The smallest absolute Gasteiger partial charge is 0.205 e. The van der Waals surface area contributed by atoms with E-state index in [4.69, 9.17) is 15.7 Å². The van der Waals surface area contributed by atoms with E-state index in [1.165, 1.54) is 0 Å². The Morgan fingerprint density at radius 1 is 1.17 bits per heavy atom. The molecule has 0 spiro atoms. The Morgan fingerprint density at radius 3 is 2.42 bits per heavy atom. The third-order valence-electron chi connectivity index (χ3n) is 4.45. The predicted octanol–water partition coefficient (Wildman–Crippen LogP) is 3.01. The summed E-state index contributed by atoms with van der Waals surface area (Å²) >= 11 is 0. The summed E-state index contributed by atoms with van der Waals surface area (Å²) in [6, 6.07) is 11.0. The van der Waals surface area contributed by atoms with E-state index >= 15 is 0 Å². The van der Waals surface area contributed by atoms with Crippen LogP contribution in [0.1, 0.15) is 43.7 Å². The van der Waals surface area contributed by atoms with Crippen LogP contribution < -0.4 is 5.73 Å². The minimum atomic E-state index is -0.532. The van der Waals surface area contributed by atoms with Crippen molar-refractivity contribution >= 4 is 5.78 Å². The Hall–Kier alpha value is -3.05. The van der Waals surface area contributed by atoms with Crippen LogP contribution in [0.4, 0.5) is 0 Å². The number of nitriles is 2. The normalized spacial score (nSPS) is 22.3. The number of ether oxygens (including phenoxy) is 1. The van der Waals surface area contributed by atoms with Crippen LogP contribution in [0.5, 0.6) is 0 Å². The third-order valence-corrected chi connectivity index (χ3v) is 4.45. The first kappa shape index (κ1) is 15.8. The van der Waals surface area contributed by atoms with Gasteiger partial charge in [0, 0.05) is 18.4 Å². The van der Waals surface area contributed by atoms with Crippen molar-refractivity contribution in [2.45, 2.75) is 32.6 Å². The molecule has 0 aromatic heterocycles. The molecule has 2 N–H and O–H groups in total. The number of nitrogens with zero attached hydrogens (tertiary/aromatic N) is 2. The van der Waals surface area contributed by atoms with Crippen molar-refractivity contribution in [2.75, 3.05) is 0 Å². The number of carbonyl (C=O) groups is 1. The number of allylic oxidation sites excluding steroid dienone is 3. The van der Waals surface area contributed by atoms with E-state index in [-0.39, 0.29) is 22.7 Å². The van der Waals surface area contributed by atoms with Crippen LogP contribution in [0.15, 0.2) is 47.1 Å². The van der Waals surface area contributed by atoms with E-state index in [0.717, 1.165) is 5.56 Å². The Morgan fingerprint density at radius 2 is 1.83 bits per heavy atom. The lowest BCUT2D eigenvalue weighted by atomic mass is 9.70. The summed E-state index contributed by atoms with van der Waals surface area (Å²) in [5.41, 5.74) is 7.79. The molecule has 0 radical (unpaired) electrons. The van der Waals surface area contributed by atoms with Crippen molar-refractivity contribution in [2.24, 2.45) is 11.1 Å². The van der Waals surface area contributed by atoms with Crippen molar-refractivity contribution in [1.29, 1.82) is 10.5 Å². The highest BCUT2D eigenvalue weighted by molar-refractivity contribution is 6.00. The molecule has 1 aromatic carbocycles. The average molecular weight is 319 g/mol. The molecule has 1 heterocycles. The molecule has 0 bridgehead atoms. The quantitative estimate of drug-likeness (QED) is 0.857. The topological polar surface area (TPSA) is 99.9 Å². The van der Waals surface area contributed by atoms with Crippen molar-refractivity contribution in [3.05, 3.63) is 58.2 Å². The first-order chi connectivity index (χ1) is 11.4. The minimum absolute atomic E-state index is 0.0177. The number of Topliss-reactive ketones (excluding diaryl/α,β-unsaturated/α-hetero) is 1. The summed E-state index contributed by atoms with van der Waals surface area (Å²) in [5.74, 6) is 0.0594. The van der Waals surface area contributed by atoms with Gasteiger partial charge in [0.05, 0.1) is 17.6 Å². The maximum Gasteiger partial charge on any atom is 0.205 e. The van der Waals surface area contributed by atoms with Gasteiger partial charge in [0.15, 0.2) is 5.78 Å². The highest BCUT2D eigenvalue weighted by atomic mass is 16.5. The molecule has 0 amide bonds. The zero-order valence-electron chi connectivity index (χ0n) is 13.6. The molecule has 24 heavy (non-hydrogen) atoms. The van der Waals surface area contributed by atoms with E-state index in [9.17, 15) is 10.1 Å². The monoisotopic (exact) mass is 319 g/mol. The number of ketones is 1. The zero-order chi connectivity index (χ0) is 17.5. The lowest BCUT2D eigenvalue weighted by molar-refractivity contribution is -0.119. The molecule has 1 atom stereocenters. The molecule has 0 unspecified atom stereocenters. The van der Waals surface area contributed by atoms with Gasteiger partial charge in [-0.1, -0.05) is 26.0 Å². The van der Waals surface area contributed by atoms with Crippen LogP contribution in [0.2, 0.25) is 0 Å². The fourth-order valence-corrected chi connectivity index (χ4v) is 3.37. The average Bonchev–Trinajstić information content (AvgIpc) is 2.52. The summed E-state index contributed by atoms with van der Waals surface area (Å²) in [6.45, 7) is 4.02. The third kappa shape index (κ3) is 2.55. The van der Waals surface area contributed by atoms with Crippen molar-refractivity contribution in [1.82, 2.24) is 0 Å². The van der Waals surface area contributed by atoms with Crippen LogP contribution >= 0.6 is 0 Å². The number of carbonyl (C=O) groups excluding carboxylic acids is 1. The van der Waals surface area contributed by atoms with Crippen molar-refractivity contribution < 1.29 is 9.53 Å². The molecule has 1 aromatic rings. The van der Waals surface area contributed by atoms with Gasteiger partial charge in [0.2, 0.25) is 5.88 Å². The number of hydrogen-bond donors (Lipinski definition) is 1. The molecule has 5 heteroatoms. The highest BCUT2D eigenvalue weighted by Gasteiger charge is 2.42. The molecule has 3 rings (SSSR count). The van der Waals surface area contributed by atoms with Crippen LogP contribution in [-0.4, -0.2) is 5.78 Å². The fourth-order valence-electron chi connectivity index (χ4n) is 3.37. The molecule has 2 aliphatic rings. The molecule has 120 valence electrons. The van der Waals surface area contributed by atoms with E-state index in [2.05, 4.69) is 12.1 Å². The Labute approximate surface area is 140 Å². The van der Waals surface area contributed by atoms with Crippen molar-refractivity contribution in [3.8, 4) is 12.1 Å². The van der Waals surface area contributed by atoms with Gasteiger partial charge in [-0.3, -0.25) is 4.79 Å². The molecule has 1 aliphatic carbocycles. The van der Waals surface area contributed by atoms with E-state index < -0.39 is 5.92 Å². The lowest BCUT2D eigenvalue weighted by Gasteiger charge is -2.37. The van der Waals surface area contributed by atoms with Gasteiger partial charge in [-0.15, -0.1) is 0 Å². The second-order valence-corrected chi connectivity index (χ2v) is 6.94. The fraction of sp³-hybridized carbons (Fsp3) is 0.316. The maximum atomic E-state index is 12.8.